The molecule has 0 aromatic rings. The van der Waals surface area contributed by atoms with Gasteiger partial charge in [0.1, 0.15) is 6.61 Å². The molecule has 0 aromatic carbocycles. The lowest BCUT2D eigenvalue weighted by Crippen LogP contribution is -2.43. The zero-order valence-corrected chi connectivity index (χ0v) is 11.2. The highest BCUT2D eigenvalue weighted by Gasteiger charge is 2.81. The first-order chi connectivity index (χ1) is 8.24. The van der Waals surface area contributed by atoms with Crippen molar-refractivity contribution in [2.45, 2.75) is 45.6 Å². The van der Waals surface area contributed by atoms with Gasteiger partial charge in [-0.25, -0.2) is 0 Å². The summed E-state index contributed by atoms with van der Waals surface area (Å²) >= 11 is 0. The van der Waals surface area contributed by atoms with Gasteiger partial charge in [-0.05, 0) is 47.7 Å². The number of aliphatic hydroxyl groups is 1. The Balaban J connectivity index is 1.89. The minimum atomic E-state index is -0.721. The second-order valence-electron chi connectivity index (χ2n) is 7.83. The van der Waals surface area contributed by atoms with Crippen molar-refractivity contribution in [2.24, 2.45) is 22.2 Å². The largest absolute Gasteiger partial charge is 0.460 e. The second-order valence-corrected chi connectivity index (χ2v) is 7.83. The molecular formula is C15H20O3. The van der Waals surface area contributed by atoms with Crippen LogP contribution < -0.4 is 0 Å². The fourth-order valence-corrected chi connectivity index (χ4v) is 5.32. The lowest BCUT2D eigenvalue weighted by molar-refractivity contribution is -0.144. The molecule has 1 aliphatic heterocycles. The third-order valence-electron chi connectivity index (χ3n) is 6.05. The van der Waals surface area contributed by atoms with Gasteiger partial charge >= 0.3 is 5.97 Å². The van der Waals surface area contributed by atoms with E-state index in [4.69, 9.17) is 4.74 Å². The maximum Gasteiger partial charge on any atom is 0.317 e. The van der Waals surface area contributed by atoms with Gasteiger partial charge in [0.2, 0.25) is 0 Å². The average Bonchev–Trinajstić information content (AvgIpc) is 2.66. The number of cyclic esters (lactones) is 1. The fourth-order valence-electron chi connectivity index (χ4n) is 5.32. The van der Waals surface area contributed by atoms with Gasteiger partial charge in [0.25, 0.3) is 0 Å². The van der Waals surface area contributed by atoms with Crippen LogP contribution in [-0.2, 0) is 9.53 Å². The number of hydrogen-bond acceptors (Lipinski definition) is 3. The van der Waals surface area contributed by atoms with E-state index in [9.17, 15) is 9.90 Å². The molecule has 18 heavy (non-hydrogen) atoms. The molecule has 0 amide bonds. The Bertz CT molecular complexity index is 506. The summed E-state index contributed by atoms with van der Waals surface area (Å²) < 4.78 is 5.25. The second kappa shape index (κ2) is 2.55. The molecule has 3 nitrogen and oxygen atoms in total. The van der Waals surface area contributed by atoms with Crippen LogP contribution in [0.1, 0.15) is 40.0 Å². The Kier molecular flexibility index (Phi) is 1.57. The lowest BCUT2D eigenvalue weighted by atomic mass is 9.68. The third-order valence-corrected chi connectivity index (χ3v) is 6.05. The molecule has 0 unspecified atom stereocenters. The number of carbonyl (C=O) groups is 1. The molecule has 0 radical (unpaired) electrons. The fraction of sp³-hybridized carbons (Fsp3) is 0.800. The van der Waals surface area contributed by atoms with Crippen LogP contribution in [0.5, 0.6) is 0 Å². The number of ether oxygens (including phenoxy) is 1. The molecule has 1 heterocycles. The molecular weight excluding hydrogens is 228 g/mol. The summed E-state index contributed by atoms with van der Waals surface area (Å²) in [7, 11) is 0. The summed E-state index contributed by atoms with van der Waals surface area (Å²) in [4.78, 5) is 12.1. The zero-order chi connectivity index (χ0) is 13.0. The van der Waals surface area contributed by atoms with Crippen LogP contribution in [0.4, 0.5) is 0 Å². The Morgan fingerprint density at radius 3 is 2.78 bits per heavy atom. The molecule has 4 atom stereocenters. The molecule has 0 aromatic heterocycles. The Morgan fingerprint density at radius 2 is 2.06 bits per heavy atom. The molecule has 0 bridgehead atoms. The molecule has 1 saturated heterocycles. The van der Waals surface area contributed by atoms with Gasteiger partial charge in [-0.1, -0.05) is 20.8 Å². The first-order valence-corrected chi connectivity index (χ1v) is 6.85. The highest BCUT2D eigenvalue weighted by Crippen LogP contribution is 2.80. The van der Waals surface area contributed by atoms with Gasteiger partial charge in [-0.2, -0.15) is 0 Å². The van der Waals surface area contributed by atoms with Crippen molar-refractivity contribution in [3.05, 3.63) is 11.6 Å². The molecule has 4 aliphatic rings. The van der Waals surface area contributed by atoms with E-state index in [1.807, 2.05) is 6.08 Å². The summed E-state index contributed by atoms with van der Waals surface area (Å²) in [5, 5.41) is 11.0. The zero-order valence-electron chi connectivity index (χ0n) is 11.2. The van der Waals surface area contributed by atoms with Crippen LogP contribution in [0.15, 0.2) is 11.6 Å². The van der Waals surface area contributed by atoms with Gasteiger partial charge in [-0.3, -0.25) is 4.79 Å². The van der Waals surface area contributed by atoms with Gasteiger partial charge in [0.15, 0.2) is 0 Å². The minimum absolute atomic E-state index is 0.0528. The maximum atomic E-state index is 12.1. The first kappa shape index (κ1) is 11.0. The average molecular weight is 248 g/mol. The number of rotatable bonds is 0. The van der Waals surface area contributed by atoms with Crippen molar-refractivity contribution in [3.63, 3.8) is 0 Å². The maximum absolute atomic E-state index is 12.1. The smallest absolute Gasteiger partial charge is 0.317 e. The van der Waals surface area contributed by atoms with E-state index in [-0.39, 0.29) is 28.1 Å². The van der Waals surface area contributed by atoms with E-state index in [2.05, 4.69) is 20.8 Å². The van der Waals surface area contributed by atoms with E-state index < -0.39 is 5.60 Å². The van der Waals surface area contributed by atoms with Crippen LogP contribution in [-0.4, -0.2) is 23.3 Å². The monoisotopic (exact) mass is 248 g/mol. The summed E-state index contributed by atoms with van der Waals surface area (Å²) in [6.07, 6.45) is 4.65. The van der Waals surface area contributed by atoms with Crippen LogP contribution >= 0.6 is 0 Å². The Hall–Kier alpha value is -0.830. The van der Waals surface area contributed by atoms with E-state index >= 15 is 0 Å². The number of hydrogen-bond donors (Lipinski definition) is 1. The van der Waals surface area contributed by atoms with E-state index in [0.717, 1.165) is 24.8 Å². The highest BCUT2D eigenvalue weighted by atomic mass is 16.5. The van der Waals surface area contributed by atoms with Crippen molar-refractivity contribution >= 4 is 5.97 Å². The molecule has 2 saturated carbocycles. The lowest BCUT2D eigenvalue weighted by Gasteiger charge is -2.38. The summed E-state index contributed by atoms with van der Waals surface area (Å²) in [6.45, 7) is 7.00. The summed E-state index contributed by atoms with van der Waals surface area (Å²) in [5.74, 6) is 0.150. The predicted octanol–water partition coefficient (Wildman–Crippen LogP) is 2.05. The number of fused-ring (bicyclic) bond motifs is 2. The van der Waals surface area contributed by atoms with Crippen LogP contribution in [0.3, 0.4) is 0 Å². The van der Waals surface area contributed by atoms with E-state index in [0.29, 0.717) is 6.61 Å². The van der Waals surface area contributed by atoms with Crippen molar-refractivity contribution in [1.29, 1.82) is 0 Å². The first-order valence-electron chi connectivity index (χ1n) is 6.85. The van der Waals surface area contributed by atoms with Gasteiger partial charge in [-0.15, -0.1) is 0 Å². The highest BCUT2D eigenvalue weighted by molar-refractivity contribution is 5.89. The van der Waals surface area contributed by atoms with Gasteiger partial charge < -0.3 is 9.84 Å². The number of esters is 1. The predicted molar refractivity (Wildman–Crippen MR) is 65.7 cm³/mol. The summed E-state index contributed by atoms with van der Waals surface area (Å²) in [6, 6.07) is 0. The topological polar surface area (TPSA) is 46.5 Å². The van der Waals surface area contributed by atoms with Gasteiger partial charge in [0, 0.05) is 0 Å². The minimum Gasteiger partial charge on any atom is -0.460 e. The molecule has 4 rings (SSSR count). The SMILES string of the molecule is CC1(C)C[C@H]2[C@](O)(C=C3COC(=O)[C@]34C[C@]24C)C1. The number of carbonyl (C=O) groups excluding carboxylic acids is 1. The molecule has 3 aliphatic carbocycles. The van der Waals surface area contributed by atoms with E-state index in [1.54, 1.807) is 0 Å². The Morgan fingerprint density at radius 1 is 1.33 bits per heavy atom. The van der Waals surface area contributed by atoms with Crippen molar-refractivity contribution < 1.29 is 14.6 Å². The molecule has 3 fully saturated rings. The van der Waals surface area contributed by atoms with Crippen LogP contribution in [0, 0.1) is 22.2 Å². The molecule has 98 valence electrons. The van der Waals surface area contributed by atoms with Crippen molar-refractivity contribution in [2.75, 3.05) is 6.61 Å². The quantitative estimate of drug-likeness (QED) is 0.527. The normalized spacial score (nSPS) is 55.2. The Labute approximate surface area is 107 Å². The third kappa shape index (κ3) is 0.932. The van der Waals surface area contributed by atoms with Gasteiger partial charge in [0.05, 0.1) is 11.0 Å². The molecule has 3 heteroatoms. The van der Waals surface area contributed by atoms with E-state index in [1.165, 1.54) is 0 Å². The van der Waals surface area contributed by atoms with Crippen molar-refractivity contribution in [3.8, 4) is 0 Å². The molecule has 1 spiro atoms. The standard InChI is InChI=1S/C15H20O3/c1-12(2)5-10-13(3)8-15(13)9(6-18-11(15)16)4-14(10,17)7-12/h4,10,17H,5-8H2,1-3H3/t10-,13-,14+,15+/m1/s1. The van der Waals surface area contributed by atoms with Crippen LogP contribution in [0.2, 0.25) is 0 Å². The van der Waals surface area contributed by atoms with Crippen molar-refractivity contribution in [1.82, 2.24) is 0 Å². The van der Waals surface area contributed by atoms with Crippen LogP contribution in [0.25, 0.3) is 0 Å². The summed E-state index contributed by atoms with van der Waals surface area (Å²) in [5.41, 5.74) is 0.0386. The molecule has 1 N–H and O–H groups in total.